The van der Waals surface area contributed by atoms with Gasteiger partial charge in [0.2, 0.25) is 5.91 Å². The highest BCUT2D eigenvalue weighted by molar-refractivity contribution is 7.96. The van der Waals surface area contributed by atoms with Crippen LogP contribution in [0.1, 0.15) is 18.5 Å². The van der Waals surface area contributed by atoms with E-state index < -0.39 is 0 Å². The fraction of sp³-hybridized carbons (Fsp3) is 0.167. The number of thiol groups is 1. The van der Waals surface area contributed by atoms with Gasteiger partial charge in [0.1, 0.15) is 5.82 Å². The van der Waals surface area contributed by atoms with Gasteiger partial charge in [-0.3, -0.25) is 4.79 Å². The molecule has 19 heavy (non-hydrogen) atoms. The van der Waals surface area contributed by atoms with Crippen molar-refractivity contribution in [1.82, 2.24) is 5.32 Å². The quantitative estimate of drug-likeness (QED) is 0.512. The summed E-state index contributed by atoms with van der Waals surface area (Å²) in [6.45, 7) is 1.46. The summed E-state index contributed by atoms with van der Waals surface area (Å²) in [5, 5.41) is 6.15. The first-order chi connectivity index (χ1) is 8.97. The van der Waals surface area contributed by atoms with Crippen LogP contribution >= 0.6 is 12.6 Å². The number of hydrogen-bond donors (Lipinski definition) is 5. The molecule has 1 heterocycles. The summed E-state index contributed by atoms with van der Waals surface area (Å²) in [4.78, 5) is 14.9. The smallest absolute Gasteiger partial charge is 0.221 e. The molecule has 0 fully saturated rings. The van der Waals surface area contributed by atoms with Crippen LogP contribution in [0, 0.1) is 0 Å². The van der Waals surface area contributed by atoms with Gasteiger partial charge in [-0.05, 0) is 17.7 Å². The van der Waals surface area contributed by atoms with Gasteiger partial charge in [0.25, 0.3) is 0 Å². The van der Waals surface area contributed by atoms with Crippen LogP contribution in [0.5, 0.6) is 0 Å². The highest BCUT2D eigenvalue weighted by Crippen LogP contribution is 2.24. The van der Waals surface area contributed by atoms with Crippen molar-refractivity contribution in [3.8, 4) is 0 Å². The lowest BCUT2D eigenvalue weighted by molar-refractivity contribution is -0.114. The standard InChI is InChI=1S/C12H15N5OS/c1-6(18)15-8-4-2-7(3-5-8)10-9(13)11(14)17-12(19)16-10/h2-5,10H,13-14H2,1H3,(H,15,18)(H2,16,17,19). The third-order valence-corrected chi connectivity index (χ3v) is 2.90. The molecular formula is C12H15N5OS. The summed E-state index contributed by atoms with van der Waals surface area (Å²) in [6.07, 6.45) is 0. The molecule has 1 aliphatic heterocycles. The second-order valence-electron chi connectivity index (χ2n) is 4.16. The van der Waals surface area contributed by atoms with Crippen molar-refractivity contribution in [2.24, 2.45) is 16.5 Å². The van der Waals surface area contributed by atoms with Crippen LogP contribution in [0.2, 0.25) is 0 Å². The number of hydrogen-bond acceptors (Lipinski definition) is 5. The number of amides is 1. The van der Waals surface area contributed by atoms with Gasteiger partial charge in [-0.15, -0.1) is 12.6 Å². The highest BCUT2D eigenvalue weighted by atomic mass is 32.1. The number of carbonyl (C=O) groups excluding carboxylic acids is 1. The van der Waals surface area contributed by atoms with E-state index in [0.29, 0.717) is 10.9 Å². The molecule has 0 saturated heterocycles. The van der Waals surface area contributed by atoms with Crippen LogP contribution in [-0.2, 0) is 4.79 Å². The second-order valence-corrected chi connectivity index (χ2v) is 4.58. The fourth-order valence-electron chi connectivity index (χ4n) is 1.79. The van der Waals surface area contributed by atoms with Gasteiger partial charge in [0.05, 0.1) is 11.7 Å². The van der Waals surface area contributed by atoms with E-state index in [1.54, 1.807) is 12.1 Å². The lowest BCUT2D eigenvalue weighted by Gasteiger charge is -2.24. The molecule has 1 aromatic rings. The van der Waals surface area contributed by atoms with Gasteiger partial charge in [-0.25, -0.2) is 4.99 Å². The van der Waals surface area contributed by atoms with E-state index in [0.717, 1.165) is 11.3 Å². The first kappa shape index (κ1) is 13.3. The Hall–Kier alpha value is -2.15. The van der Waals surface area contributed by atoms with Crippen LogP contribution in [0.3, 0.4) is 0 Å². The Morgan fingerprint density at radius 2 is 2.00 bits per heavy atom. The molecule has 6 N–H and O–H groups in total. The maximum atomic E-state index is 10.9. The largest absolute Gasteiger partial charge is 0.397 e. The second kappa shape index (κ2) is 5.23. The molecular weight excluding hydrogens is 262 g/mol. The molecule has 1 unspecified atom stereocenters. The minimum absolute atomic E-state index is 0.114. The molecule has 1 aromatic carbocycles. The van der Waals surface area contributed by atoms with Crippen molar-refractivity contribution >= 4 is 29.4 Å². The van der Waals surface area contributed by atoms with Crippen LogP contribution in [-0.4, -0.2) is 11.1 Å². The van der Waals surface area contributed by atoms with E-state index in [2.05, 4.69) is 28.3 Å². The summed E-state index contributed by atoms with van der Waals surface area (Å²) in [5.41, 5.74) is 13.7. The Morgan fingerprint density at radius 3 is 2.58 bits per heavy atom. The Balaban J connectivity index is 2.24. The number of carbonyl (C=O) groups is 1. The van der Waals surface area contributed by atoms with E-state index in [4.69, 9.17) is 11.5 Å². The number of nitrogens with two attached hydrogens (primary N) is 2. The fourth-order valence-corrected chi connectivity index (χ4v) is 2.03. The average Bonchev–Trinajstić information content (AvgIpc) is 2.34. The molecule has 1 aliphatic rings. The third-order valence-electron chi connectivity index (χ3n) is 2.67. The lowest BCUT2D eigenvalue weighted by atomic mass is 10.0. The molecule has 0 radical (unpaired) electrons. The summed E-state index contributed by atoms with van der Waals surface area (Å²) in [5.74, 6) is 0.150. The van der Waals surface area contributed by atoms with E-state index >= 15 is 0 Å². The van der Waals surface area contributed by atoms with Crippen molar-refractivity contribution in [3.05, 3.63) is 41.3 Å². The topological polar surface area (TPSA) is 106 Å². The Bertz CT molecular complexity index is 564. The number of nitrogens with one attached hydrogen (secondary N) is 2. The molecule has 7 heteroatoms. The van der Waals surface area contributed by atoms with Crippen LogP contribution in [0.25, 0.3) is 0 Å². The molecule has 1 atom stereocenters. The van der Waals surface area contributed by atoms with Crippen molar-refractivity contribution < 1.29 is 4.79 Å². The first-order valence-corrected chi connectivity index (χ1v) is 6.09. The molecule has 0 aromatic heterocycles. The van der Waals surface area contributed by atoms with E-state index in [9.17, 15) is 4.79 Å². The predicted molar refractivity (Wildman–Crippen MR) is 78.4 cm³/mol. The van der Waals surface area contributed by atoms with Gasteiger partial charge in [-0.2, -0.15) is 0 Å². The van der Waals surface area contributed by atoms with Crippen molar-refractivity contribution in [2.45, 2.75) is 13.0 Å². The van der Waals surface area contributed by atoms with Crippen molar-refractivity contribution in [1.29, 1.82) is 0 Å². The summed E-state index contributed by atoms with van der Waals surface area (Å²) < 4.78 is 0. The third kappa shape index (κ3) is 3.00. The number of rotatable bonds is 2. The maximum absolute atomic E-state index is 10.9. The minimum Gasteiger partial charge on any atom is -0.397 e. The number of nitrogens with zero attached hydrogens (tertiary/aromatic N) is 1. The van der Waals surface area contributed by atoms with Gasteiger partial charge < -0.3 is 22.1 Å². The number of amidine groups is 1. The minimum atomic E-state index is -0.267. The molecule has 6 nitrogen and oxygen atoms in total. The Morgan fingerprint density at radius 1 is 1.37 bits per heavy atom. The molecule has 2 rings (SSSR count). The normalized spacial score (nSPS) is 18.6. The summed E-state index contributed by atoms with van der Waals surface area (Å²) in [6, 6.07) is 7.04. The predicted octanol–water partition coefficient (Wildman–Crippen LogP) is 0.662. The van der Waals surface area contributed by atoms with Crippen LogP contribution < -0.4 is 22.1 Å². The van der Waals surface area contributed by atoms with Crippen LogP contribution in [0.4, 0.5) is 5.69 Å². The van der Waals surface area contributed by atoms with Gasteiger partial charge >= 0.3 is 0 Å². The van der Waals surface area contributed by atoms with Crippen molar-refractivity contribution in [2.75, 3.05) is 5.32 Å². The van der Waals surface area contributed by atoms with Crippen LogP contribution in [0.15, 0.2) is 40.8 Å². The lowest BCUT2D eigenvalue weighted by Crippen LogP contribution is -2.35. The number of aliphatic imine (C=N–C) groups is 1. The first-order valence-electron chi connectivity index (χ1n) is 5.64. The Kier molecular flexibility index (Phi) is 3.66. The molecule has 0 saturated carbocycles. The summed E-state index contributed by atoms with van der Waals surface area (Å²) in [7, 11) is 0. The van der Waals surface area contributed by atoms with Gasteiger partial charge in [-0.1, -0.05) is 12.1 Å². The zero-order valence-electron chi connectivity index (χ0n) is 10.3. The Labute approximate surface area is 116 Å². The highest BCUT2D eigenvalue weighted by Gasteiger charge is 2.21. The molecule has 1 amide bonds. The molecule has 0 spiro atoms. The zero-order chi connectivity index (χ0) is 14.0. The molecule has 100 valence electrons. The number of benzene rings is 1. The number of anilines is 1. The van der Waals surface area contributed by atoms with Gasteiger partial charge in [0, 0.05) is 12.6 Å². The van der Waals surface area contributed by atoms with E-state index in [1.165, 1.54) is 6.92 Å². The molecule has 0 bridgehead atoms. The van der Waals surface area contributed by atoms with Gasteiger partial charge in [0.15, 0.2) is 5.17 Å². The van der Waals surface area contributed by atoms with E-state index in [1.807, 2.05) is 12.1 Å². The van der Waals surface area contributed by atoms with E-state index in [-0.39, 0.29) is 17.8 Å². The zero-order valence-corrected chi connectivity index (χ0v) is 11.2. The maximum Gasteiger partial charge on any atom is 0.221 e. The average molecular weight is 277 g/mol. The summed E-state index contributed by atoms with van der Waals surface area (Å²) >= 11 is 4.15. The monoisotopic (exact) mass is 277 g/mol. The van der Waals surface area contributed by atoms with Crippen molar-refractivity contribution in [3.63, 3.8) is 0 Å². The molecule has 0 aliphatic carbocycles. The SMILES string of the molecule is CC(=O)Nc1ccc(C2NC(S)=NC(N)=C2N)cc1.